The van der Waals surface area contributed by atoms with Crippen molar-refractivity contribution in [2.75, 3.05) is 0 Å². The first-order valence-corrected chi connectivity index (χ1v) is 6.39. The molecular formula is C11H11Br2NO. The molecule has 0 aliphatic carbocycles. The lowest BCUT2D eigenvalue weighted by Gasteiger charge is -2.35. The molecule has 0 radical (unpaired) electrons. The quantitative estimate of drug-likeness (QED) is 0.726. The van der Waals surface area contributed by atoms with E-state index in [4.69, 9.17) is 0 Å². The third-order valence-corrected chi connectivity index (χ3v) is 4.03. The molecule has 1 aromatic rings. The summed E-state index contributed by atoms with van der Waals surface area (Å²) in [7, 11) is 0. The molecule has 1 aliphatic heterocycles. The van der Waals surface area contributed by atoms with E-state index in [1.165, 1.54) is 0 Å². The molecule has 15 heavy (non-hydrogen) atoms. The highest BCUT2D eigenvalue weighted by Gasteiger charge is 2.36. The maximum Gasteiger partial charge on any atom is 0.238 e. The summed E-state index contributed by atoms with van der Waals surface area (Å²) in [6.45, 7) is 4.02. The van der Waals surface area contributed by atoms with Gasteiger partial charge in [0.15, 0.2) is 0 Å². The van der Waals surface area contributed by atoms with Crippen LogP contribution in [-0.4, -0.2) is 5.91 Å². The van der Waals surface area contributed by atoms with Crippen molar-refractivity contribution < 1.29 is 4.79 Å². The van der Waals surface area contributed by atoms with Gasteiger partial charge in [0, 0.05) is 4.47 Å². The molecule has 1 unspecified atom stereocenters. The zero-order valence-corrected chi connectivity index (χ0v) is 11.6. The molecule has 1 atom stereocenters. The second-order valence-electron chi connectivity index (χ2n) is 4.21. The van der Waals surface area contributed by atoms with Gasteiger partial charge in [-0.25, -0.2) is 0 Å². The molecule has 80 valence electrons. The monoisotopic (exact) mass is 331 g/mol. The van der Waals surface area contributed by atoms with E-state index in [-0.39, 0.29) is 16.3 Å². The molecule has 1 aromatic carbocycles. The number of hydrogen-bond acceptors (Lipinski definition) is 1. The van der Waals surface area contributed by atoms with Crippen LogP contribution in [0.1, 0.15) is 29.8 Å². The highest BCUT2D eigenvalue weighted by molar-refractivity contribution is 9.10. The number of carbonyl (C=O) groups excluding carboxylic acids is 1. The van der Waals surface area contributed by atoms with Crippen LogP contribution >= 0.6 is 31.9 Å². The van der Waals surface area contributed by atoms with Gasteiger partial charge in [-0.1, -0.05) is 37.9 Å². The lowest BCUT2D eigenvalue weighted by molar-refractivity contribution is -0.122. The van der Waals surface area contributed by atoms with Crippen molar-refractivity contribution in [3.8, 4) is 0 Å². The Labute approximate surface area is 106 Å². The predicted molar refractivity (Wildman–Crippen MR) is 67.0 cm³/mol. The summed E-state index contributed by atoms with van der Waals surface area (Å²) in [5.41, 5.74) is 1.91. The SMILES string of the molecule is CC1(C)NC(=O)C(Br)c2cc(Br)ccc21. The maximum absolute atomic E-state index is 11.7. The fourth-order valence-corrected chi connectivity index (χ4v) is 2.76. The lowest BCUT2D eigenvalue weighted by atomic mass is 9.85. The first-order chi connectivity index (χ1) is 6.92. The fraction of sp³-hybridized carbons (Fsp3) is 0.364. The second-order valence-corrected chi connectivity index (χ2v) is 6.04. The maximum atomic E-state index is 11.7. The fourth-order valence-electron chi connectivity index (χ4n) is 1.89. The molecule has 0 bridgehead atoms. The van der Waals surface area contributed by atoms with Crippen LogP contribution < -0.4 is 5.32 Å². The molecular weight excluding hydrogens is 322 g/mol. The Balaban J connectivity index is 2.64. The molecule has 1 N–H and O–H groups in total. The highest BCUT2D eigenvalue weighted by Crippen LogP contribution is 2.38. The van der Waals surface area contributed by atoms with Gasteiger partial charge < -0.3 is 5.32 Å². The normalized spacial score (nSPS) is 23.2. The van der Waals surface area contributed by atoms with Crippen molar-refractivity contribution in [2.24, 2.45) is 0 Å². The predicted octanol–water partition coefficient (Wildman–Crippen LogP) is 3.25. The van der Waals surface area contributed by atoms with Gasteiger partial charge in [-0.05, 0) is 37.1 Å². The minimum atomic E-state index is -0.294. The van der Waals surface area contributed by atoms with E-state index in [1.54, 1.807) is 0 Å². The van der Waals surface area contributed by atoms with Crippen molar-refractivity contribution in [3.63, 3.8) is 0 Å². The molecule has 2 rings (SSSR count). The third-order valence-electron chi connectivity index (χ3n) is 2.63. The van der Waals surface area contributed by atoms with Crippen molar-refractivity contribution in [3.05, 3.63) is 33.8 Å². The Morgan fingerprint density at radius 1 is 1.40 bits per heavy atom. The Morgan fingerprint density at radius 3 is 2.73 bits per heavy atom. The van der Waals surface area contributed by atoms with E-state index in [1.807, 2.05) is 32.0 Å². The third kappa shape index (κ3) is 1.85. The largest absolute Gasteiger partial charge is 0.346 e. The number of carbonyl (C=O) groups is 1. The van der Waals surface area contributed by atoms with E-state index in [2.05, 4.69) is 37.2 Å². The Morgan fingerprint density at radius 2 is 2.07 bits per heavy atom. The minimum absolute atomic E-state index is 0.0191. The summed E-state index contributed by atoms with van der Waals surface area (Å²) in [5.74, 6) is 0.0191. The van der Waals surface area contributed by atoms with E-state index >= 15 is 0 Å². The number of rotatable bonds is 0. The Hall–Kier alpha value is -0.350. The first kappa shape index (κ1) is 11.1. The second kappa shape index (κ2) is 3.59. The van der Waals surface area contributed by atoms with E-state index in [0.717, 1.165) is 15.6 Å². The first-order valence-electron chi connectivity index (χ1n) is 4.68. The van der Waals surface area contributed by atoms with Crippen LogP contribution in [0.3, 0.4) is 0 Å². The smallest absolute Gasteiger partial charge is 0.238 e. The van der Waals surface area contributed by atoms with Crippen LogP contribution in [0.5, 0.6) is 0 Å². The number of amides is 1. The van der Waals surface area contributed by atoms with Crippen LogP contribution in [0, 0.1) is 0 Å². The summed E-state index contributed by atoms with van der Waals surface area (Å²) >= 11 is 6.83. The van der Waals surface area contributed by atoms with Crippen LogP contribution in [0.15, 0.2) is 22.7 Å². The molecule has 1 amide bonds. The van der Waals surface area contributed by atoms with Gasteiger partial charge in [0.2, 0.25) is 5.91 Å². The molecule has 0 spiro atoms. The average Bonchev–Trinajstić information content (AvgIpc) is 2.13. The van der Waals surface area contributed by atoms with Gasteiger partial charge in [-0.3, -0.25) is 4.79 Å². The Bertz CT molecular complexity index is 429. The summed E-state index contributed by atoms with van der Waals surface area (Å²) in [4.78, 5) is 11.5. The molecule has 2 nitrogen and oxygen atoms in total. The average molecular weight is 333 g/mol. The van der Waals surface area contributed by atoms with Crippen LogP contribution in [-0.2, 0) is 10.3 Å². The van der Waals surface area contributed by atoms with Gasteiger partial charge in [-0.2, -0.15) is 0 Å². The van der Waals surface area contributed by atoms with Gasteiger partial charge in [0.25, 0.3) is 0 Å². The minimum Gasteiger partial charge on any atom is -0.346 e. The van der Waals surface area contributed by atoms with E-state index in [0.29, 0.717) is 0 Å². The number of benzene rings is 1. The zero-order chi connectivity index (χ0) is 11.2. The van der Waals surface area contributed by atoms with Crippen LogP contribution in [0.4, 0.5) is 0 Å². The van der Waals surface area contributed by atoms with Crippen molar-refractivity contribution in [1.29, 1.82) is 0 Å². The van der Waals surface area contributed by atoms with Gasteiger partial charge in [0.1, 0.15) is 4.83 Å². The van der Waals surface area contributed by atoms with Gasteiger partial charge >= 0.3 is 0 Å². The number of nitrogens with one attached hydrogen (secondary N) is 1. The molecule has 4 heteroatoms. The van der Waals surface area contributed by atoms with Crippen molar-refractivity contribution in [2.45, 2.75) is 24.2 Å². The summed E-state index contributed by atoms with van der Waals surface area (Å²) in [5, 5.41) is 2.98. The summed E-state index contributed by atoms with van der Waals surface area (Å²) < 4.78 is 0.996. The molecule has 0 saturated carbocycles. The highest BCUT2D eigenvalue weighted by atomic mass is 79.9. The number of hydrogen-bond donors (Lipinski definition) is 1. The topological polar surface area (TPSA) is 29.1 Å². The van der Waals surface area contributed by atoms with Crippen LogP contribution in [0.2, 0.25) is 0 Å². The molecule has 0 aromatic heterocycles. The zero-order valence-electron chi connectivity index (χ0n) is 8.47. The number of fused-ring (bicyclic) bond motifs is 1. The number of alkyl halides is 1. The van der Waals surface area contributed by atoms with Gasteiger partial charge in [-0.15, -0.1) is 0 Å². The molecule has 1 heterocycles. The van der Waals surface area contributed by atoms with Crippen molar-refractivity contribution >= 4 is 37.8 Å². The standard InChI is InChI=1S/C11H11Br2NO/c1-11(2)8-4-3-6(12)5-7(8)9(13)10(15)14-11/h3-5,9H,1-2H3,(H,14,15). The van der Waals surface area contributed by atoms with Gasteiger partial charge in [0.05, 0.1) is 5.54 Å². The van der Waals surface area contributed by atoms with E-state index < -0.39 is 0 Å². The van der Waals surface area contributed by atoms with E-state index in [9.17, 15) is 4.79 Å². The molecule has 1 aliphatic rings. The molecule has 0 fully saturated rings. The van der Waals surface area contributed by atoms with Crippen molar-refractivity contribution in [1.82, 2.24) is 5.32 Å². The lowest BCUT2D eigenvalue weighted by Crippen LogP contribution is -2.47. The summed E-state index contributed by atoms with van der Waals surface area (Å²) in [6, 6.07) is 6.04. The van der Waals surface area contributed by atoms with Crippen LogP contribution in [0.25, 0.3) is 0 Å². The summed E-state index contributed by atoms with van der Waals surface area (Å²) in [6.07, 6.45) is 0. The Kier molecular flexibility index (Phi) is 2.67. The number of halogens is 2. The molecule has 0 saturated heterocycles.